The van der Waals surface area contributed by atoms with Crippen LogP contribution in [0.4, 0.5) is 5.13 Å². The number of rotatable bonds is 4. The van der Waals surface area contributed by atoms with Gasteiger partial charge in [0, 0.05) is 0 Å². The van der Waals surface area contributed by atoms with Gasteiger partial charge in [-0.25, -0.2) is 9.67 Å². The Morgan fingerprint density at radius 2 is 2.08 bits per heavy atom. The molecule has 0 unspecified atom stereocenters. The fourth-order valence-corrected chi connectivity index (χ4v) is 4.01. The summed E-state index contributed by atoms with van der Waals surface area (Å²) in [4.78, 5) is 17.0. The lowest BCUT2D eigenvalue weighted by atomic mass is 10.2. The Balaban J connectivity index is 1.55. The average Bonchev–Trinajstić information content (AvgIpc) is 3.28. The van der Waals surface area contributed by atoms with E-state index in [9.17, 15) is 4.79 Å². The first-order chi connectivity index (χ1) is 12.5. The van der Waals surface area contributed by atoms with E-state index in [2.05, 4.69) is 35.4 Å². The molecule has 0 saturated carbocycles. The molecule has 1 N–H and O–H groups in total. The second-order valence-electron chi connectivity index (χ2n) is 5.92. The van der Waals surface area contributed by atoms with Crippen molar-refractivity contribution in [2.45, 2.75) is 27.3 Å². The van der Waals surface area contributed by atoms with E-state index >= 15 is 0 Å². The van der Waals surface area contributed by atoms with E-state index in [4.69, 9.17) is 0 Å². The zero-order valence-corrected chi connectivity index (χ0v) is 16.0. The molecule has 26 heavy (non-hydrogen) atoms. The van der Waals surface area contributed by atoms with E-state index in [0.717, 1.165) is 38.9 Å². The zero-order valence-electron chi connectivity index (χ0n) is 14.3. The minimum atomic E-state index is -0.322. The van der Waals surface area contributed by atoms with Crippen LogP contribution in [-0.4, -0.2) is 34.6 Å². The average molecular weight is 385 g/mol. The molecule has 0 aliphatic carbocycles. The van der Waals surface area contributed by atoms with Crippen LogP contribution in [0.25, 0.3) is 10.2 Å². The fourth-order valence-electron chi connectivity index (χ4n) is 2.50. The Hall–Kier alpha value is -2.72. The Morgan fingerprint density at radius 1 is 1.23 bits per heavy atom. The van der Waals surface area contributed by atoms with Crippen LogP contribution in [0.5, 0.6) is 0 Å². The van der Waals surface area contributed by atoms with E-state index in [0.29, 0.717) is 17.4 Å². The summed E-state index contributed by atoms with van der Waals surface area (Å²) in [7, 11) is 0. The number of hydrogen-bond acceptors (Lipinski definition) is 8. The molecule has 4 rings (SSSR count). The van der Waals surface area contributed by atoms with Crippen molar-refractivity contribution in [3.8, 4) is 0 Å². The van der Waals surface area contributed by atoms with Crippen LogP contribution in [0.3, 0.4) is 0 Å². The van der Waals surface area contributed by atoms with Gasteiger partial charge in [0.15, 0.2) is 10.8 Å². The van der Waals surface area contributed by atoms with Crippen molar-refractivity contribution >= 4 is 44.3 Å². The standard InChI is InChI=1S/C16H15N7OS2/c1-8-4-5-11-13(6-8)25-16(17-11)18-15(24)14-10(3)23(22-19-14)7-12-9(2)20-26-21-12/h4-6H,7H2,1-3H3,(H,17,18,24). The Bertz CT molecular complexity index is 1110. The van der Waals surface area contributed by atoms with Crippen molar-refractivity contribution < 1.29 is 4.79 Å². The van der Waals surface area contributed by atoms with Crippen LogP contribution in [0, 0.1) is 20.8 Å². The molecule has 3 heterocycles. The number of fused-ring (bicyclic) bond motifs is 1. The molecule has 4 aromatic rings. The summed E-state index contributed by atoms with van der Waals surface area (Å²) in [6, 6.07) is 6.00. The number of anilines is 1. The van der Waals surface area contributed by atoms with Gasteiger partial charge in [0.25, 0.3) is 5.91 Å². The van der Waals surface area contributed by atoms with Gasteiger partial charge in [0.1, 0.15) is 0 Å². The predicted octanol–water partition coefficient (Wildman–Crippen LogP) is 2.97. The number of aryl methyl sites for hydroxylation is 2. The highest BCUT2D eigenvalue weighted by Crippen LogP contribution is 2.27. The molecular formula is C16H15N7OS2. The minimum Gasteiger partial charge on any atom is -0.296 e. The summed E-state index contributed by atoms with van der Waals surface area (Å²) in [6.07, 6.45) is 0. The molecule has 0 aliphatic rings. The molecule has 0 spiro atoms. The lowest BCUT2D eigenvalue weighted by Gasteiger charge is -2.02. The monoisotopic (exact) mass is 385 g/mol. The maximum atomic E-state index is 12.6. The van der Waals surface area contributed by atoms with E-state index in [1.807, 2.05) is 32.9 Å². The Kier molecular flexibility index (Phi) is 4.21. The lowest BCUT2D eigenvalue weighted by Crippen LogP contribution is -2.14. The number of amides is 1. The molecular weight excluding hydrogens is 370 g/mol. The topological polar surface area (TPSA) is 98.5 Å². The highest BCUT2D eigenvalue weighted by atomic mass is 32.1. The lowest BCUT2D eigenvalue weighted by molar-refractivity contribution is 0.102. The Labute approximate surface area is 157 Å². The van der Waals surface area contributed by atoms with Gasteiger partial charge in [-0.1, -0.05) is 22.6 Å². The smallest absolute Gasteiger partial charge is 0.279 e. The molecule has 0 saturated heterocycles. The fraction of sp³-hybridized carbons (Fsp3) is 0.250. The summed E-state index contributed by atoms with van der Waals surface area (Å²) < 4.78 is 11.1. The highest BCUT2D eigenvalue weighted by molar-refractivity contribution is 7.22. The maximum Gasteiger partial charge on any atom is 0.279 e. The van der Waals surface area contributed by atoms with Gasteiger partial charge in [-0.05, 0) is 38.5 Å². The van der Waals surface area contributed by atoms with Crippen molar-refractivity contribution in [2.75, 3.05) is 5.32 Å². The van der Waals surface area contributed by atoms with E-state index in [1.54, 1.807) is 4.68 Å². The van der Waals surface area contributed by atoms with Crippen molar-refractivity contribution in [1.29, 1.82) is 0 Å². The van der Waals surface area contributed by atoms with Crippen LogP contribution in [0.2, 0.25) is 0 Å². The molecule has 0 atom stereocenters. The SMILES string of the molecule is Cc1ccc2nc(NC(=O)c3nnn(Cc4nsnc4C)c3C)sc2c1. The van der Waals surface area contributed by atoms with Gasteiger partial charge < -0.3 is 0 Å². The van der Waals surface area contributed by atoms with E-state index < -0.39 is 0 Å². The highest BCUT2D eigenvalue weighted by Gasteiger charge is 2.19. The van der Waals surface area contributed by atoms with Crippen LogP contribution in [0.1, 0.15) is 33.1 Å². The quantitative estimate of drug-likeness (QED) is 0.580. The number of benzene rings is 1. The van der Waals surface area contributed by atoms with E-state index in [1.165, 1.54) is 11.3 Å². The van der Waals surface area contributed by atoms with Crippen LogP contribution in [0.15, 0.2) is 18.2 Å². The summed E-state index contributed by atoms with van der Waals surface area (Å²) in [5.74, 6) is -0.322. The normalized spacial score (nSPS) is 11.2. The largest absolute Gasteiger partial charge is 0.296 e. The zero-order chi connectivity index (χ0) is 18.3. The molecule has 3 aromatic heterocycles. The molecule has 132 valence electrons. The number of nitrogens with one attached hydrogen (secondary N) is 1. The maximum absolute atomic E-state index is 12.6. The van der Waals surface area contributed by atoms with Crippen molar-refractivity contribution in [2.24, 2.45) is 0 Å². The number of carbonyl (C=O) groups excluding carboxylic acids is 1. The predicted molar refractivity (Wildman–Crippen MR) is 101 cm³/mol. The van der Waals surface area contributed by atoms with Gasteiger partial charge in [-0.15, -0.1) is 5.10 Å². The number of nitrogens with zero attached hydrogens (tertiary/aromatic N) is 6. The molecule has 0 radical (unpaired) electrons. The summed E-state index contributed by atoms with van der Waals surface area (Å²) in [5.41, 5.74) is 4.66. The molecule has 0 bridgehead atoms. The van der Waals surface area contributed by atoms with Gasteiger partial charge in [-0.2, -0.15) is 8.75 Å². The van der Waals surface area contributed by atoms with Crippen LogP contribution >= 0.6 is 23.1 Å². The molecule has 0 fully saturated rings. The third-order valence-electron chi connectivity index (χ3n) is 4.01. The molecule has 1 amide bonds. The van der Waals surface area contributed by atoms with Crippen LogP contribution < -0.4 is 5.32 Å². The molecule has 10 heteroatoms. The van der Waals surface area contributed by atoms with E-state index in [-0.39, 0.29) is 11.6 Å². The number of carbonyl (C=O) groups is 1. The second-order valence-corrected chi connectivity index (χ2v) is 7.48. The minimum absolute atomic E-state index is 0.279. The summed E-state index contributed by atoms with van der Waals surface area (Å²) in [6.45, 7) is 6.17. The first kappa shape index (κ1) is 16.7. The number of thiazole rings is 1. The first-order valence-electron chi connectivity index (χ1n) is 7.88. The van der Waals surface area contributed by atoms with Gasteiger partial charge >= 0.3 is 0 Å². The summed E-state index contributed by atoms with van der Waals surface area (Å²) >= 11 is 2.60. The second kappa shape index (κ2) is 6.54. The third kappa shape index (κ3) is 3.08. The summed E-state index contributed by atoms with van der Waals surface area (Å²) in [5, 5.41) is 11.5. The first-order valence-corrected chi connectivity index (χ1v) is 9.42. The van der Waals surface area contributed by atoms with Gasteiger partial charge in [0.2, 0.25) is 0 Å². The molecule has 0 aliphatic heterocycles. The van der Waals surface area contributed by atoms with Crippen molar-refractivity contribution in [1.82, 2.24) is 28.7 Å². The number of hydrogen-bond donors (Lipinski definition) is 1. The van der Waals surface area contributed by atoms with Gasteiger partial charge in [0.05, 0.1) is 45.6 Å². The van der Waals surface area contributed by atoms with Crippen molar-refractivity contribution in [3.63, 3.8) is 0 Å². The number of aromatic nitrogens is 6. The van der Waals surface area contributed by atoms with Crippen LogP contribution in [-0.2, 0) is 6.54 Å². The third-order valence-corrected chi connectivity index (χ3v) is 5.60. The Morgan fingerprint density at radius 3 is 2.85 bits per heavy atom. The van der Waals surface area contributed by atoms with Gasteiger partial charge in [-0.3, -0.25) is 10.1 Å². The molecule has 1 aromatic carbocycles. The molecule has 8 nitrogen and oxygen atoms in total. The van der Waals surface area contributed by atoms with Crippen molar-refractivity contribution in [3.05, 3.63) is 46.5 Å².